The highest BCUT2D eigenvalue weighted by Gasteiger charge is 2.14. The number of azo groups is 1. The summed E-state index contributed by atoms with van der Waals surface area (Å²) >= 11 is 0. The quantitative estimate of drug-likeness (QED) is 0.357. The Balaban J connectivity index is 1.73. The van der Waals surface area contributed by atoms with Gasteiger partial charge in [-0.05, 0) is 42.8 Å². The van der Waals surface area contributed by atoms with Crippen LogP contribution in [0.3, 0.4) is 0 Å². The summed E-state index contributed by atoms with van der Waals surface area (Å²) < 4.78 is 36.1. The van der Waals surface area contributed by atoms with E-state index in [1.54, 1.807) is 7.05 Å². The molecule has 10 heteroatoms. The minimum atomic E-state index is -4.42. The van der Waals surface area contributed by atoms with Crippen molar-refractivity contribution in [2.75, 3.05) is 25.1 Å². The number of likely N-dealkylation sites (N-methyl/N-ethyl adjacent to an activating group) is 1. The standard InChI is InChI=1S/C18H21N5O4S/c1-13-12-14(22(2)10-11-27-28(24,25)26)8-9-15(13)20-21-18-19-16-6-4-5-7-17(16)23(18)3/h4-9,12H,10-11H2,1-3H3,(H,24,25,26)/p+1. The van der Waals surface area contributed by atoms with Gasteiger partial charge in [0.25, 0.3) is 0 Å². The van der Waals surface area contributed by atoms with Gasteiger partial charge in [0.15, 0.2) is 0 Å². The molecule has 0 unspecified atom stereocenters. The molecule has 0 saturated heterocycles. The van der Waals surface area contributed by atoms with E-state index in [0.29, 0.717) is 12.5 Å². The number of hydrogen-bond acceptors (Lipinski definition) is 6. The minimum absolute atomic E-state index is 0.146. The number of hydrogen-bond donors (Lipinski definition) is 2. The lowest BCUT2D eigenvalue weighted by Gasteiger charge is -2.19. The van der Waals surface area contributed by atoms with E-state index in [2.05, 4.69) is 19.4 Å². The Hall–Kier alpha value is -2.82. The zero-order valence-corrected chi connectivity index (χ0v) is 16.6. The first kappa shape index (κ1) is 19.9. The number of H-pyrrole nitrogens is 1. The predicted octanol–water partition coefficient (Wildman–Crippen LogP) is 2.97. The third-order valence-corrected chi connectivity index (χ3v) is 4.83. The third-order valence-electron chi connectivity index (χ3n) is 4.36. The molecule has 0 aliphatic rings. The van der Waals surface area contributed by atoms with Gasteiger partial charge in [0.1, 0.15) is 16.7 Å². The van der Waals surface area contributed by atoms with Crippen LogP contribution in [0.15, 0.2) is 52.7 Å². The first-order valence-corrected chi connectivity index (χ1v) is 9.93. The number of rotatable bonds is 7. The summed E-state index contributed by atoms with van der Waals surface area (Å²) in [6.45, 7) is 2.07. The number of aryl methyl sites for hydroxylation is 2. The summed E-state index contributed by atoms with van der Waals surface area (Å²) in [5, 5.41) is 8.67. The van der Waals surface area contributed by atoms with E-state index < -0.39 is 10.4 Å². The Morgan fingerprint density at radius 2 is 1.96 bits per heavy atom. The van der Waals surface area contributed by atoms with Gasteiger partial charge in [0.2, 0.25) is 0 Å². The highest BCUT2D eigenvalue weighted by molar-refractivity contribution is 7.80. The van der Waals surface area contributed by atoms with E-state index in [0.717, 1.165) is 28.0 Å². The van der Waals surface area contributed by atoms with Gasteiger partial charge in [0, 0.05) is 24.4 Å². The van der Waals surface area contributed by atoms with Crippen LogP contribution in [0.25, 0.3) is 11.0 Å². The smallest absolute Gasteiger partial charge is 0.372 e. The van der Waals surface area contributed by atoms with Crippen LogP contribution < -0.4 is 9.47 Å². The van der Waals surface area contributed by atoms with Gasteiger partial charge in [-0.15, -0.1) is 0 Å². The molecule has 1 heterocycles. The summed E-state index contributed by atoms with van der Waals surface area (Å²) in [4.78, 5) is 5.05. The Morgan fingerprint density at radius 3 is 2.64 bits per heavy atom. The molecule has 0 fully saturated rings. The number of nitrogens with one attached hydrogen (secondary N) is 1. The molecule has 2 aromatic carbocycles. The van der Waals surface area contributed by atoms with E-state index in [9.17, 15) is 8.42 Å². The number of benzene rings is 2. The third kappa shape index (κ3) is 4.71. The fraction of sp³-hybridized carbons (Fsp3) is 0.278. The normalized spacial score (nSPS) is 12.1. The lowest BCUT2D eigenvalue weighted by molar-refractivity contribution is -0.631. The van der Waals surface area contributed by atoms with Crippen LogP contribution in [0.4, 0.5) is 17.3 Å². The number of anilines is 1. The predicted molar refractivity (Wildman–Crippen MR) is 106 cm³/mol. The van der Waals surface area contributed by atoms with Crippen LogP contribution in [-0.4, -0.2) is 38.2 Å². The lowest BCUT2D eigenvalue weighted by Crippen LogP contribution is -2.26. The van der Waals surface area contributed by atoms with Gasteiger partial charge < -0.3 is 4.90 Å². The molecule has 3 aromatic rings. The Morgan fingerprint density at radius 1 is 1.21 bits per heavy atom. The van der Waals surface area contributed by atoms with Gasteiger partial charge in [-0.25, -0.2) is 13.7 Å². The number of para-hydroxylation sites is 2. The highest BCUT2D eigenvalue weighted by Crippen LogP contribution is 2.26. The minimum Gasteiger partial charge on any atom is -0.372 e. The Labute approximate surface area is 163 Å². The Bertz CT molecular complexity index is 1120. The van der Waals surface area contributed by atoms with E-state index >= 15 is 0 Å². The molecule has 3 rings (SSSR count). The van der Waals surface area contributed by atoms with Crippen LogP contribution in [0.1, 0.15) is 5.56 Å². The molecule has 0 radical (unpaired) electrons. The highest BCUT2D eigenvalue weighted by atomic mass is 32.3. The molecule has 148 valence electrons. The molecular weight excluding hydrogens is 382 g/mol. The molecule has 0 aliphatic carbocycles. The summed E-state index contributed by atoms with van der Waals surface area (Å²) in [6.07, 6.45) is 0. The van der Waals surface area contributed by atoms with Crippen molar-refractivity contribution in [3.05, 3.63) is 48.0 Å². The first-order valence-electron chi connectivity index (χ1n) is 8.57. The zero-order valence-electron chi connectivity index (χ0n) is 15.8. The van der Waals surface area contributed by atoms with Gasteiger partial charge in [0.05, 0.1) is 13.7 Å². The van der Waals surface area contributed by atoms with Crippen LogP contribution in [0.5, 0.6) is 0 Å². The number of nitrogens with zero attached hydrogens (tertiary/aromatic N) is 4. The second-order valence-corrected chi connectivity index (χ2v) is 7.46. The van der Waals surface area contributed by atoms with Crippen molar-refractivity contribution < 1.29 is 21.7 Å². The van der Waals surface area contributed by atoms with Crippen LogP contribution in [0.2, 0.25) is 0 Å². The van der Waals surface area contributed by atoms with Gasteiger partial charge in [-0.2, -0.15) is 8.42 Å². The molecular formula is C18H22N5O4S+. The molecule has 9 nitrogen and oxygen atoms in total. The second-order valence-electron chi connectivity index (χ2n) is 6.37. The lowest BCUT2D eigenvalue weighted by atomic mass is 10.1. The molecule has 0 aliphatic heterocycles. The molecule has 28 heavy (non-hydrogen) atoms. The van der Waals surface area contributed by atoms with Crippen molar-refractivity contribution in [2.45, 2.75) is 6.92 Å². The molecule has 2 N–H and O–H groups in total. The summed E-state index contributed by atoms with van der Waals surface area (Å²) in [6, 6.07) is 13.5. The summed E-state index contributed by atoms with van der Waals surface area (Å²) in [7, 11) is -0.700. The van der Waals surface area contributed by atoms with Gasteiger partial charge in [-0.1, -0.05) is 17.2 Å². The number of aromatic nitrogens is 2. The van der Waals surface area contributed by atoms with E-state index in [1.807, 2.05) is 65.9 Å². The monoisotopic (exact) mass is 404 g/mol. The second kappa shape index (κ2) is 8.05. The van der Waals surface area contributed by atoms with Crippen molar-refractivity contribution in [2.24, 2.45) is 17.3 Å². The van der Waals surface area contributed by atoms with E-state index in [-0.39, 0.29) is 6.61 Å². The maximum absolute atomic E-state index is 10.6. The van der Waals surface area contributed by atoms with Crippen molar-refractivity contribution in [1.29, 1.82) is 0 Å². The number of aromatic amines is 1. The van der Waals surface area contributed by atoms with Crippen LogP contribution >= 0.6 is 0 Å². The fourth-order valence-electron chi connectivity index (χ4n) is 2.78. The summed E-state index contributed by atoms with van der Waals surface area (Å²) in [5.41, 5.74) is 4.54. The van der Waals surface area contributed by atoms with Gasteiger partial charge in [-0.3, -0.25) is 4.55 Å². The molecule has 0 bridgehead atoms. The van der Waals surface area contributed by atoms with Gasteiger partial charge >= 0.3 is 16.3 Å². The van der Waals surface area contributed by atoms with E-state index in [1.165, 1.54) is 0 Å². The summed E-state index contributed by atoms with van der Waals surface area (Å²) in [5.74, 6) is 0.643. The Kier molecular flexibility index (Phi) is 5.73. The molecule has 1 aromatic heterocycles. The van der Waals surface area contributed by atoms with Crippen molar-refractivity contribution in [3.8, 4) is 0 Å². The zero-order chi connectivity index (χ0) is 20.3. The average molecular weight is 404 g/mol. The average Bonchev–Trinajstić information content (AvgIpc) is 2.96. The molecule has 0 atom stereocenters. The largest absolute Gasteiger partial charge is 0.419 e. The van der Waals surface area contributed by atoms with Crippen molar-refractivity contribution >= 4 is 38.8 Å². The number of imidazole rings is 1. The fourth-order valence-corrected chi connectivity index (χ4v) is 3.07. The van der Waals surface area contributed by atoms with Crippen LogP contribution in [0, 0.1) is 6.92 Å². The van der Waals surface area contributed by atoms with Crippen molar-refractivity contribution in [1.82, 2.24) is 4.98 Å². The first-order chi connectivity index (χ1) is 13.2. The molecule has 0 amide bonds. The van der Waals surface area contributed by atoms with E-state index in [4.69, 9.17) is 4.55 Å². The molecule has 0 spiro atoms. The topological polar surface area (TPSA) is 111 Å². The maximum Gasteiger partial charge on any atom is 0.419 e. The molecule has 0 saturated carbocycles. The van der Waals surface area contributed by atoms with Crippen molar-refractivity contribution in [3.63, 3.8) is 0 Å². The van der Waals surface area contributed by atoms with Crippen LogP contribution in [-0.2, 0) is 21.6 Å². The maximum atomic E-state index is 10.6. The SMILES string of the molecule is Cc1cc(N(C)CCOS(=O)(=O)O)ccc1N=Nc1[nH]c2ccccc2[n+]1C. The number of fused-ring (bicyclic) bond motifs is 1.